The first kappa shape index (κ1) is 10.2. The molecule has 72 valence electrons. The summed E-state index contributed by atoms with van der Waals surface area (Å²) < 4.78 is 9.94. The molecule has 0 aliphatic rings. The van der Waals surface area contributed by atoms with Crippen molar-refractivity contribution in [3.63, 3.8) is 0 Å². The van der Waals surface area contributed by atoms with Crippen molar-refractivity contribution >= 4 is 17.7 Å². The molecule has 0 unspecified atom stereocenters. The molecule has 0 aliphatic carbocycles. The van der Waals surface area contributed by atoms with Crippen molar-refractivity contribution in [3.8, 4) is 0 Å². The molecule has 4 heteroatoms. The summed E-state index contributed by atoms with van der Waals surface area (Å²) in [5.74, 6) is 1.19. The third kappa shape index (κ3) is 2.28. The van der Waals surface area contributed by atoms with Crippen LogP contribution < -0.4 is 0 Å². The molecule has 0 N–H and O–H groups in total. The smallest absolute Gasteiger partial charge is 0.341 e. The summed E-state index contributed by atoms with van der Waals surface area (Å²) in [7, 11) is 1.36. The molecule has 0 aliphatic heterocycles. The van der Waals surface area contributed by atoms with Crippen LogP contribution in [-0.2, 0) is 4.74 Å². The zero-order valence-electron chi connectivity index (χ0n) is 7.92. The summed E-state index contributed by atoms with van der Waals surface area (Å²) in [5, 5.41) is 0.764. The highest BCUT2D eigenvalue weighted by atomic mass is 32.2. The fourth-order valence-electron chi connectivity index (χ4n) is 0.981. The van der Waals surface area contributed by atoms with E-state index in [1.54, 1.807) is 24.8 Å². The van der Waals surface area contributed by atoms with Gasteiger partial charge in [-0.25, -0.2) is 4.79 Å². The molecule has 13 heavy (non-hydrogen) atoms. The molecule has 3 nitrogen and oxygen atoms in total. The monoisotopic (exact) mass is 200 g/mol. The van der Waals surface area contributed by atoms with Crippen LogP contribution in [0.4, 0.5) is 0 Å². The van der Waals surface area contributed by atoms with E-state index in [9.17, 15) is 4.79 Å². The van der Waals surface area contributed by atoms with Crippen molar-refractivity contribution in [2.45, 2.75) is 18.9 Å². The van der Waals surface area contributed by atoms with E-state index in [1.807, 2.05) is 6.92 Å². The lowest BCUT2D eigenvalue weighted by Crippen LogP contribution is -2.00. The van der Waals surface area contributed by atoms with Gasteiger partial charge in [0.1, 0.15) is 11.3 Å². The second kappa shape index (κ2) is 4.37. The number of aryl methyl sites for hydroxylation is 1. The molecule has 0 saturated carbocycles. The van der Waals surface area contributed by atoms with Gasteiger partial charge < -0.3 is 9.15 Å². The van der Waals surface area contributed by atoms with E-state index in [0.29, 0.717) is 11.3 Å². The molecule has 0 bridgehead atoms. The molecule has 1 aromatic heterocycles. The van der Waals surface area contributed by atoms with Crippen molar-refractivity contribution in [1.29, 1.82) is 0 Å². The second-order valence-electron chi connectivity index (χ2n) is 2.46. The van der Waals surface area contributed by atoms with Gasteiger partial charge in [-0.05, 0) is 12.7 Å². The Labute approximate surface area is 81.4 Å². The van der Waals surface area contributed by atoms with E-state index >= 15 is 0 Å². The third-order valence-electron chi connectivity index (χ3n) is 1.59. The SMILES string of the molecule is CCSc1cc(C(=O)OC)c(C)o1. The van der Waals surface area contributed by atoms with E-state index in [2.05, 4.69) is 4.74 Å². The maximum absolute atomic E-state index is 11.2. The molecular formula is C9H12O3S. The molecule has 0 spiro atoms. The first-order valence-corrected chi connectivity index (χ1v) is 4.99. The minimum absolute atomic E-state index is 0.343. The number of thioether (sulfide) groups is 1. The van der Waals surface area contributed by atoms with Gasteiger partial charge in [0.2, 0.25) is 0 Å². The van der Waals surface area contributed by atoms with Crippen LogP contribution in [0, 0.1) is 6.92 Å². The zero-order chi connectivity index (χ0) is 9.84. The molecular weight excluding hydrogens is 188 g/mol. The van der Waals surface area contributed by atoms with E-state index < -0.39 is 0 Å². The van der Waals surface area contributed by atoms with E-state index in [1.165, 1.54) is 7.11 Å². The number of esters is 1. The zero-order valence-corrected chi connectivity index (χ0v) is 8.73. The first-order chi connectivity index (χ1) is 6.19. The summed E-state index contributed by atoms with van der Waals surface area (Å²) >= 11 is 1.56. The lowest BCUT2D eigenvalue weighted by molar-refractivity contribution is 0.0599. The van der Waals surface area contributed by atoms with Crippen LogP contribution in [0.3, 0.4) is 0 Å². The number of methoxy groups -OCH3 is 1. The van der Waals surface area contributed by atoms with Crippen molar-refractivity contribution < 1.29 is 13.9 Å². The Kier molecular flexibility index (Phi) is 3.42. The molecule has 0 fully saturated rings. The average Bonchev–Trinajstić information content (AvgIpc) is 2.46. The average molecular weight is 200 g/mol. The van der Waals surface area contributed by atoms with Gasteiger partial charge in [-0.1, -0.05) is 18.7 Å². The van der Waals surface area contributed by atoms with Crippen LogP contribution in [0.5, 0.6) is 0 Å². The van der Waals surface area contributed by atoms with Crippen LogP contribution in [0.25, 0.3) is 0 Å². The van der Waals surface area contributed by atoms with Gasteiger partial charge in [-0.15, -0.1) is 0 Å². The van der Waals surface area contributed by atoms with Crippen LogP contribution in [0.15, 0.2) is 15.6 Å². The minimum atomic E-state index is -0.343. The maximum Gasteiger partial charge on any atom is 0.341 e. The quantitative estimate of drug-likeness (QED) is 0.555. The van der Waals surface area contributed by atoms with Crippen molar-refractivity contribution in [2.75, 3.05) is 12.9 Å². The topological polar surface area (TPSA) is 39.4 Å². The fraction of sp³-hybridized carbons (Fsp3) is 0.444. The second-order valence-corrected chi connectivity index (χ2v) is 3.73. The van der Waals surface area contributed by atoms with Gasteiger partial charge in [0.25, 0.3) is 0 Å². The molecule has 0 atom stereocenters. The van der Waals surface area contributed by atoms with Crippen LogP contribution in [0.2, 0.25) is 0 Å². The van der Waals surface area contributed by atoms with Crippen molar-refractivity contribution in [2.24, 2.45) is 0 Å². The number of carbonyl (C=O) groups excluding carboxylic acids is 1. The highest BCUT2D eigenvalue weighted by Gasteiger charge is 2.14. The summed E-state index contributed by atoms with van der Waals surface area (Å²) in [5.41, 5.74) is 0.512. The highest BCUT2D eigenvalue weighted by Crippen LogP contribution is 2.24. The molecule has 0 radical (unpaired) electrons. The van der Waals surface area contributed by atoms with Crippen molar-refractivity contribution in [3.05, 3.63) is 17.4 Å². The molecule has 0 saturated heterocycles. The summed E-state index contributed by atoms with van der Waals surface area (Å²) in [4.78, 5) is 11.2. The number of hydrogen-bond acceptors (Lipinski definition) is 4. The Morgan fingerprint density at radius 1 is 1.69 bits per heavy atom. The van der Waals surface area contributed by atoms with Gasteiger partial charge in [-0.3, -0.25) is 0 Å². The Balaban J connectivity index is 2.89. The number of hydrogen-bond donors (Lipinski definition) is 0. The highest BCUT2D eigenvalue weighted by molar-refractivity contribution is 7.99. The number of furan rings is 1. The Morgan fingerprint density at radius 2 is 2.38 bits per heavy atom. The maximum atomic E-state index is 11.2. The van der Waals surface area contributed by atoms with Crippen LogP contribution >= 0.6 is 11.8 Å². The Morgan fingerprint density at radius 3 is 2.92 bits per heavy atom. The van der Waals surface area contributed by atoms with Crippen LogP contribution in [-0.4, -0.2) is 18.8 Å². The number of carbonyl (C=O) groups is 1. The standard InChI is InChI=1S/C9H12O3S/c1-4-13-8-5-7(6(2)12-8)9(10)11-3/h5H,4H2,1-3H3. The van der Waals surface area contributed by atoms with E-state index in [-0.39, 0.29) is 5.97 Å². The van der Waals surface area contributed by atoms with Gasteiger partial charge in [0.05, 0.1) is 7.11 Å². The fourth-order valence-corrected chi connectivity index (χ4v) is 1.65. The molecule has 1 aromatic rings. The number of ether oxygens (including phenoxy) is 1. The van der Waals surface area contributed by atoms with Crippen LogP contribution in [0.1, 0.15) is 23.0 Å². The van der Waals surface area contributed by atoms with Crippen molar-refractivity contribution in [1.82, 2.24) is 0 Å². The summed E-state index contributed by atoms with van der Waals surface area (Å²) in [6, 6.07) is 1.72. The van der Waals surface area contributed by atoms with Gasteiger partial charge in [-0.2, -0.15) is 0 Å². The minimum Gasteiger partial charge on any atom is -0.465 e. The summed E-state index contributed by atoms with van der Waals surface area (Å²) in [6.07, 6.45) is 0. The van der Waals surface area contributed by atoms with E-state index in [4.69, 9.17) is 4.42 Å². The van der Waals surface area contributed by atoms with Gasteiger partial charge in [0, 0.05) is 6.07 Å². The predicted molar refractivity (Wildman–Crippen MR) is 51.2 cm³/mol. The number of rotatable bonds is 3. The van der Waals surface area contributed by atoms with E-state index in [0.717, 1.165) is 10.8 Å². The Bertz CT molecular complexity index is 304. The molecule has 1 rings (SSSR count). The molecule has 0 aromatic carbocycles. The molecule has 1 heterocycles. The van der Waals surface area contributed by atoms with Gasteiger partial charge >= 0.3 is 5.97 Å². The first-order valence-electron chi connectivity index (χ1n) is 4.00. The lowest BCUT2D eigenvalue weighted by Gasteiger charge is -1.93. The van der Waals surface area contributed by atoms with Gasteiger partial charge in [0.15, 0.2) is 5.09 Å². The lowest BCUT2D eigenvalue weighted by atomic mass is 10.3. The Hall–Kier alpha value is -0.900. The normalized spacial score (nSPS) is 10.1. The largest absolute Gasteiger partial charge is 0.465 e. The predicted octanol–water partition coefficient (Wildman–Crippen LogP) is 2.49. The molecule has 0 amide bonds. The summed E-state index contributed by atoms with van der Waals surface area (Å²) in [6.45, 7) is 3.78. The third-order valence-corrected chi connectivity index (χ3v) is 2.36.